The van der Waals surface area contributed by atoms with Gasteiger partial charge in [-0.2, -0.15) is 0 Å². The maximum absolute atomic E-state index is 12.1. The Hall–Kier alpha value is -2.33. The van der Waals surface area contributed by atoms with Crippen LogP contribution in [0.5, 0.6) is 17.2 Å². The van der Waals surface area contributed by atoms with Crippen LogP contribution in [-0.2, 0) is 0 Å². The summed E-state index contributed by atoms with van der Waals surface area (Å²) in [6.07, 6.45) is 1.25. The van der Waals surface area contributed by atoms with Crippen molar-refractivity contribution in [3.8, 4) is 17.2 Å². The predicted molar refractivity (Wildman–Crippen MR) is 85.1 cm³/mol. The molecule has 4 radical (unpaired) electrons. The van der Waals surface area contributed by atoms with Gasteiger partial charge in [-0.1, -0.05) is 17.7 Å². The molecule has 3 rings (SSSR count). The zero-order chi connectivity index (χ0) is 16.2. The first-order valence-electron chi connectivity index (χ1n) is 6.21. The van der Waals surface area contributed by atoms with E-state index >= 15 is 0 Å². The summed E-state index contributed by atoms with van der Waals surface area (Å²) in [5.41, 5.74) is 0.391. The van der Waals surface area contributed by atoms with Crippen LogP contribution in [-0.4, -0.2) is 36.8 Å². The Kier molecular flexibility index (Phi) is 3.22. The fraction of sp³-hybridized carbons (Fsp3) is 0. The largest absolute Gasteiger partial charge is 0.509 e. The number of hydrogen-bond donors (Lipinski definition) is 3. The summed E-state index contributed by atoms with van der Waals surface area (Å²) in [7, 11) is 11.2. The molecule has 3 N–H and O–H groups in total. The van der Waals surface area contributed by atoms with Crippen molar-refractivity contribution in [1.29, 1.82) is 0 Å². The summed E-state index contributed by atoms with van der Waals surface area (Å²) in [6.45, 7) is 0. The van der Waals surface area contributed by atoms with E-state index in [0.29, 0.717) is 16.1 Å². The fourth-order valence-corrected chi connectivity index (χ4v) is 2.64. The van der Waals surface area contributed by atoms with Crippen LogP contribution in [0.3, 0.4) is 0 Å². The molecule has 0 fully saturated rings. The Balaban J connectivity index is 2.32. The number of halogens is 1. The monoisotopic (exact) mass is 308 g/mol. The van der Waals surface area contributed by atoms with Gasteiger partial charge in [0, 0.05) is 16.1 Å². The lowest BCUT2D eigenvalue weighted by Crippen LogP contribution is -2.20. The van der Waals surface area contributed by atoms with Crippen LogP contribution in [0.2, 0.25) is 5.02 Å². The zero-order valence-corrected chi connectivity index (χ0v) is 11.8. The summed E-state index contributed by atoms with van der Waals surface area (Å²) < 4.78 is 0. The van der Waals surface area contributed by atoms with Crippen LogP contribution in [0, 0.1) is 0 Å². The molecule has 0 unspecified atom stereocenters. The fourth-order valence-electron chi connectivity index (χ4n) is 2.47. The number of benzene rings is 2. The minimum atomic E-state index is -0.697. The van der Waals surface area contributed by atoms with E-state index in [2.05, 4.69) is 0 Å². The first kappa shape index (κ1) is 14.6. The first-order valence-corrected chi connectivity index (χ1v) is 6.58. The maximum atomic E-state index is 12.1. The summed E-state index contributed by atoms with van der Waals surface area (Å²) >= 11 is 5.87. The molecule has 0 spiro atoms. The molecule has 4 nitrogen and oxygen atoms in total. The molecule has 0 aromatic heterocycles. The van der Waals surface area contributed by atoms with Gasteiger partial charge in [0.2, 0.25) is 0 Å². The number of phenols is 3. The molecule has 2 aromatic carbocycles. The molecule has 7 heteroatoms. The van der Waals surface area contributed by atoms with Crippen LogP contribution in [0.25, 0.3) is 5.57 Å². The molecule has 0 saturated carbocycles. The third kappa shape index (κ3) is 1.91. The van der Waals surface area contributed by atoms with Crippen molar-refractivity contribution in [2.75, 3.05) is 0 Å². The van der Waals surface area contributed by atoms with Gasteiger partial charge in [0.15, 0.2) is 17.3 Å². The molecule has 0 atom stereocenters. The highest BCUT2D eigenvalue weighted by Gasteiger charge is 2.28. The van der Waals surface area contributed by atoms with Gasteiger partial charge in [-0.05, 0) is 40.3 Å². The van der Waals surface area contributed by atoms with Crippen molar-refractivity contribution in [3.63, 3.8) is 0 Å². The first-order chi connectivity index (χ1) is 10.3. The van der Waals surface area contributed by atoms with Gasteiger partial charge in [-0.3, -0.25) is 4.79 Å². The lowest BCUT2D eigenvalue weighted by Gasteiger charge is -2.17. The Labute approximate surface area is 133 Å². The molecule has 1 aliphatic carbocycles. The molecule has 104 valence electrons. The summed E-state index contributed by atoms with van der Waals surface area (Å²) in [4.78, 5) is 12.1. The molecule has 0 amide bonds. The van der Waals surface area contributed by atoms with Gasteiger partial charge in [0.25, 0.3) is 0 Å². The van der Waals surface area contributed by atoms with E-state index in [4.69, 9.17) is 27.3 Å². The molecule has 1 aliphatic rings. The van der Waals surface area contributed by atoms with E-state index in [-0.39, 0.29) is 22.4 Å². The lowest BCUT2D eigenvalue weighted by atomic mass is 9.78. The van der Waals surface area contributed by atoms with Crippen LogP contribution in [0.15, 0.2) is 24.3 Å². The average molecular weight is 308 g/mol. The summed E-state index contributed by atoms with van der Waals surface area (Å²) in [5, 5.41) is 30.1. The molecule has 0 aliphatic heterocycles. The minimum Gasteiger partial charge on any atom is -0.509 e. The third-order valence-electron chi connectivity index (χ3n) is 3.58. The quantitative estimate of drug-likeness (QED) is 0.411. The zero-order valence-electron chi connectivity index (χ0n) is 11.1. The molecular weight excluding hydrogens is 301 g/mol. The van der Waals surface area contributed by atoms with Crippen molar-refractivity contribution < 1.29 is 20.1 Å². The van der Waals surface area contributed by atoms with Gasteiger partial charge < -0.3 is 15.3 Å². The second-order valence-electron chi connectivity index (χ2n) is 4.86. The molecule has 0 saturated heterocycles. The Morgan fingerprint density at radius 3 is 2.27 bits per heavy atom. The average Bonchev–Trinajstić information content (AvgIpc) is 2.80. The summed E-state index contributed by atoms with van der Waals surface area (Å²) in [6, 6.07) is 4.67. The topological polar surface area (TPSA) is 77.8 Å². The van der Waals surface area contributed by atoms with Crippen molar-refractivity contribution in [1.82, 2.24) is 0 Å². The maximum Gasteiger partial charge on any atom is 0.187 e. The van der Waals surface area contributed by atoms with Crippen LogP contribution >= 0.6 is 11.6 Å². The van der Waals surface area contributed by atoms with Crippen molar-refractivity contribution in [2.24, 2.45) is 0 Å². The molecule has 22 heavy (non-hydrogen) atoms. The Bertz CT molecular complexity index is 845. The van der Waals surface area contributed by atoms with Gasteiger partial charge in [0.1, 0.15) is 21.4 Å². The standard InChI is InChI=1S/C15H7B2ClO4/c16-11-10(13(20)15(22)12(17)14(11)21)8-4-9(19)7-3-5(18)1-2-6(7)8/h1-4,20-22H. The second-order valence-corrected chi connectivity index (χ2v) is 5.30. The van der Waals surface area contributed by atoms with Crippen LogP contribution in [0.1, 0.15) is 21.5 Å². The van der Waals surface area contributed by atoms with E-state index in [1.165, 1.54) is 12.1 Å². The predicted octanol–water partition coefficient (Wildman–Crippen LogP) is 0.672. The second kappa shape index (κ2) is 4.85. The summed E-state index contributed by atoms with van der Waals surface area (Å²) in [5.74, 6) is -2.17. The van der Waals surface area contributed by atoms with Crippen molar-refractivity contribution >= 4 is 49.6 Å². The molecule has 0 bridgehead atoms. The number of aromatic hydroxyl groups is 3. The van der Waals surface area contributed by atoms with E-state index in [0.717, 1.165) is 0 Å². The van der Waals surface area contributed by atoms with E-state index in [9.17, 15) is 20.1 Å². The van der Waals surface area contributed by atoms with Gasteiger partial charge >= 0.3 is 0 Å². The highest BCUT2D eigenvalue weighted by Crippen LogP contribution is 2.40. The van der Waals surface area contributed by atoms with Crippen molar-refractivity contribution in [2.45, 2.75) is 0 Å². The number of phenolic OH excluding ortho intramolecular Hbond substituents is 3. The van der Waals surface area contributed by atoms with Gasteiger partial charge in [0.05, 0.1) is 0 Å². The SMILES string of the molecule is [B]c1c(O)c([B])c(C2=CC(=O)c3cc(Cl)ccc32)c(O)c1O. The minimum absolute atomic E-state index is 0.0568. The molecule has 0 heterocycles. The number of fused-ring (bicyclic) bond motifs is 1. The highest BCUT2D eigenvalue weighted by atomic mass is 35.5. The number of carbonyl (C=O) groups is 1. The normalized spacial score (nSPS) is 13.1. The van der Waals surface area contributed by atoms with E-state index in [1.54, 1.807) is 12.1 Å². The Morgan fingerprint density at radius 1 is 0.909 bits per heavy atom. The smallest absolute Gasteiger partial charge is 0.187 e. The number of allylic oxidation sites excluding steroid dienone is 1. The van der Waals surface area contributed by atoms with E-state index < -0.39 is 22.7 Å². The van der Waals surface area contributed by atoms with E-state index in [1.807, 2.05) is 0 Å². The molecular formula is C15H7B2ClO4. The van der Waals surface area contributed by atoms with Gasteiger partial charge in [-0.25, -0.2) is 0 Å². The Morgan fingerprint density at radius 2 is 1.59 bits per heavy atom. The number of ketones is 1. The lowest BCUT2D eigenvalue weighted by molar-refractivity contribution is 0.105. The van der Waals surface area contributed by atoms with Gasteiger partial charge in [-0.15, -0.1) is 0 Å². The number of carbonyl (C=O) groups excluding carboxylic acids is 1. The third-order valence-corrected chi connectivity index (χ3v) is 3.81. The number of rotatable bonds is 1. The molecule has 2 aromatic rings. The number of hydrogen-bond acceptors (Lipinski definition) is 4. The van der Waals surface area contributed by atoms with Crippen LogP contribution < -0.4 is 10.9 Å². The highest BCUT2D eigenvalue weighted by molar-refractivity contribution is 6.45. The van der Waals surface area contributed by atoms with Crippen molar-refractivity contribution in [3.05, 3.63) is 46.0 Å². The van der Waals surface area contributed by atoms with Crippen LogP contribution in [0.4, 0.5) is 0 Å².